The summed E-state index contributed by atoms with van der Waals surface area (Å²) in [4.78, 5) is 12.6. The molecule has 0 fully saturated rings. The Bertz CT molecular complexity index is 1400. The highest BCUT2D eigenvalue weighted by atomic mass is 32.2. The van der Waals surface area contributed by atoms with Crippen LogP contribution >= 0.6 is 11.3 Å². The lowest BCUT2D eigenvalue weighted by Crippen LogP contribution is -2.22. The van der Waals surface area contributed by atoms with Gasteiger partial charge in [0.15, 0.2) is 9.84 Å². The molecule has 0 bridgehead atoms. The van der Waals surface area contributed by atoms with Crippen LogP contribution in [-0.4, -0.2) is 39.7 Å². The van der Waals surface area contributed by atoms with Crippen LogP contribution in [0.2, 0.25) is 0 Å². The van der Waals surface area contributed by atoms with Gasteiger partial charge in [-0.25, -0.2) is 13.2 Å². The van der Waals surface area contributed by atoms with Gasteiger partial charge in [-0.15, -0.1) is 11.3 Å². The molecule has 1 heterocycles. The molecule has 184 valence electrons. The van der Waals surface area contributed by atoms with Gasteiger partial charge in [-0.2, -0.15) is 13.2 Å². The molecule has 1 aromatic heterocycles. The lowest BCUT2D eigenvalue weighted by Gasteiger charge is -2.13. The number of carbonyl (C=O) groups is 1. The number of amides is 1. The normalized spacial score (nSPS) is 12.2. The van der Waals surface area contributed by atoms with Crippen LogP contribution in [0.15, 0.2) is 71.6 Å². The number of ether oxygens (including phenoxy) is 1. The number of hydrogen-bond donors (Lipinski definition) is 3. The first kappa shape index (κ1) is 26.0. The molecule has 35 heavy (non-hydrogen) atoms. The number of allylic oxidation sites excluding steroid dienone is 1. The van der Waals surface area contributed by atoms with Crippen molar-refractivity contribution in [3.63, 3.8) is 0 Å². The standard InChI is InChI=1S/C23H20F3N3O4S2/c1-28-22(30)33-16-7-4-6-15(12-16)29-18(13-21(27)23(24,25)26)20-10-9-19(34-20)14-5-3-8-17(11-14)35(2,31)32/h3-13,27,29H,1-2H3,(H,28,30)/b18-13-,27-21?. The van der Waals surface area contributed by atoms with Gasteiger partial charge in [0, 0.05) is 29.9 Å². The zero-order chi connectivity index (χ0) is 25.8. The molecule has 0 aliphatic heterocycles. The summed E-state index contributed by atoms with van der Waals surface area (Å²) in [6, 6.07) is 15.5. The summed E-state index contributed by atoms with van der Waals surface area (Å²) in [5, 5.41) is 12.6. The average molecular weight is 524 g/mol. The quantitative estimate of drug-likeness (QED) is 0.351. The molecule has 0 aliphatic carbocycles. The fourth-order valence-electron chi connectivity index (χ4n) is 2.86. The molecule has 2 aromatic carbocycles. The number of alkyl halides is 3. The Balaban J connectivity index is 1.99. The van der Waals surface area contributed by atoms with Gasteiger partial charge in [0.05, 0.1) is 15.5 Å². The molecule has 0 atom stereocenters. The van der Waals surface area contributed by atoms with Gasteiger partial charge in [-0.3, -0.25) is 5.41 Å². The molecular weight excluding hydrogens is 503 g/mol. The second kappa shape index (κ2) is 10.3. The van der Waals surface area contributed by atoms with Crippen molar-refractivity contribution in [1.29, 1.82) is 5.41 Å². The molecule has 0 aliphatic rings. The second-order valence-electron chi connectivity index (χ2n) is 7.23. The van der Waals surface area contributed by atoms with Crippen molar-refractivity contribution in [3.05, 3.63) is 71.6 Å². The van der Waals surface area contributed by atoms with Crippen molar-refractivity contribution < 1.29 is 31.1 Å². The number of halogens is 3. The fourth-order valence-corrected chi connectivity index (χ4v) is 4.50. The van der Waals surface area contributed by atoms with Gasteiger partial charge in [-0.05, 0) is 48.0 Å². The minimum absolute atomic E-state index is 0.0139. The van der Waals surface area contributed by atoms with Gasteiger partial charge in [0.25, 0.3) is 0 Å². The predicted octanol–water partition coefficient (Wildman–Crippen LogP) is 5.57. The number of benzene rings is 2. The van der Waals surface area contributed by atoms with Crippen molar-refractivity contribution in [2.75, 3.05) is 18.6 Å². The Morgan fingerprint density at radius 1 is 1.09 bits per heavy atom. The molecule has 0 radical (unpaired) electrons. The van der Waals surface area contributed by atoms with E-state index in [9.17, 15) is 26.4 Å². The maximum absolute atomic E-state index is 13.1. The first-order valence-corrected chi connectivity index (χ1v) is 12.6. The Hall–Kier alpha value is -3.64. The molecule has 3 aromatic rings. The molecule has 12 heteroatoms. The third-order valence-electron chi connectivity index (χ3n) is 4.54. The zero-order valence-electron chi connectivity index (χ0n) is 18.4. The fraction of sp³-hybridized carbons (Fsp3) is 0.130. The molecule has 1 amide bonds. The van der Waals surface area contributed by atoms with Crippen LogP contribution in [0.3, 0.4) is 0 Å². The number of nitrogens with one attached hydrogen (secondary N) is 3. The molecule has 3 N–H and O–H groups in total. The van der Waals surface area contributed by atoms with E-state index in [1.165, 1.54) is 31.3 Å². The Morgan fingerprint density at radius 2 is 1.80 bits per heavy atom. The smallest absolute Gasteiger partial charge is 0.410 e. The highest BCUT2D eigenvalue weighted by molar-refractivity contribution is 7.90. The first-order chi connectivity index (χ1) is 16.4. The van der Waals surface area contributed by atoms with Gasteiger partial charge < -0.3 is 15.4 Å². The van der Waals surface area contributed by atoms with Crippen molar-refractivity contribution in [3.8, 4) is 16.2 Å². The maximum atomic E-state index is 13.1. The predicted molar refractivity (Wildman–Crippen MR) is 130 cm³/mol. The highest BCUT2D eigenvalue weighted by Gasteiger charge is 2.33. The molecule has 7 nitrogen and oxygen atoms in total. The van der Waals surface area contributed by atoms with E-state index in [1.54, 1.807) is 36.4 Å². The number of hydrogen-bond acceptors (Lipinski definition) is 7. The van der Waals surface area contributed by atoms with Gasteiger partial charge in [0.1, 0.15) is 11.5 Å². The Kier molecular flexibility index (Phi) is 7.66. The van der Waals surface area contributed by atoms with Crippen molar-refractivity contribution in [2.24, 2.45) is 0 Å². The summed E-state index contributed by atoms with van der Waals surface area (Å²) in [7, 11) is -2.06. The molecule has 0 saturated heterocycles. The van der Waals surface area contributed by atoms with Crippen LogP contribution in [0.5, 0.6) is 5.75 Å². The van der Waals surface area contributed by atoms with E-state index in [0.717, 1.165) is 17.6 Å². The van der Waals surface area contributed by atoms with Crippen LogP contribution in [0.1, 0.15) is 4.88 Å². The van der Waals surface area contributed by atoms with Crippen LogP contribution in [0.4, 0.5) is 23.7 Å². The molecule has 0 saturated carbocycles. The summed E-state index contributed by atoms with van der Waals surface area (Å²) < 4.78 is 68.2. The van der Waals surface area contributed by atoms with E-state index in [2.05, 4.69) is 10.6 Å². The minimum atomic E-state index is -4.86. The number of thiophene rings is 1. The summed E-state index contributed by atoms with van der Waals surface area (Å²) >= 11 is 1.12. The summed E-state index contributed by atoms with van der Waals surface area (Å²) in [5.41, 5.74) is -0.677. The summed E-state index contributed by atoms with van der Waals surface area (Å²) in [6.45, 7) is 0. The molecular formula is C23H20F3N3O4S2. The van der Waals surface area contributed by atoms with E-state index in [1.807, 2.05) is 0 Å². The first-order valence-electron chi connectivity index (χ1n) is 9.91. The summed E-state index contributed by atoms with van der Waals surface area (Å²) in [5.74, 6) is 0.157. The van der Waals surface area contributed by atoms with E-state index >= 15 is 0 Å². The third-order valence-corrected chi connectivity index (χ3v) is 6.82. The van der Waals surface area contributed by atoms with Crippen molar-refractivity contribution in [1.82, 2.24) is 5.32 Å². The van der Waals surface area contributed by atoms with Crippen LogP contribution in [0.25, 0.3) is 16.1 Å². The van der Waals surface area contributed by atoms with Gasteiger partial charge in [-0.1, -0.05) is 18.2 Å². The van der Waals surface area contributed by atoms with Gasteiger partial charge in [0.2, 0.25) is 0 Å². The second-order valence-corrected chi connectivity index (χ2v) is 10.3. The maximum Gasteiger partial charge on any atom is 0.432 e. The van der Waals surface area contributed by atoms with E-state index < -0.39 is 27.8 Å². The van der Waals surface area contributed by atoms with E-state index in [-0.39, 0.29) is 16.3 Å². The Morgan fingerprint density at radius 3 is 2.46 bits per heavy atom. The Labute approximate surface area is 203 Å². The lowest BCUT2D eigenvalue weighted by molar-refractivity contribution is -0.0583. The SMILES string of the molecule is CNC(=O)Oc1cccc(N/C(=C\C(=N)C(F)(F)F)c2ccc(-c3cccc(S(C)(=O)=O)c3)s2)c1. The number of sulfone groups is 1. The largest absolute Gasteiger partial charge is 0.432 e. The average Bonchev–Trinajstić information content (AvgIpc) is 3.28. The monoisotopic (exact) mass is 523 g/mol. The van der Waals surface area contributed by atoms with Crippen LogP contribution in [0, 0.1) is 5.41 Å². The summed E-state index contributed by atoms with van der Waals surface area (Å²) in [6.07, 6.45) is -3.83. The van der Waals surface area contributed by atoms with Crippen molar-refractivity contribution >= 4 is 44.4 Å². The minimum Gasteiger partial charge on any atom is -0.410 e. The van der Waals surface area contributed by atoms with Gasteiger partial charge >= 0.3 is 12.3 Å². The number of carbonyl (C=O) groups excluding carboxylic acids is 1. The third kappa shape index (κ3) is 6.93. The molecule has 0 spiro atoms. The number of anilines is 1. The molecule has 3 rings (SSSR count). The van der Waals surface area contributed by atoms with Crippen LogP contribution in [-0.2, 0) is 9.84 Å². The molecule has 0 unspecified atom stereocenters. The lowest BCUT2D eigenvalue weighted by atomic mass is 10.2. The van der Waals surface area contributed by atoms with E-state index in [4.69, 9.17) is 10.1 Å². The topological polar surface area (TPSA) is 108 Å². The van der Waals surface area contributed by atoms with Crippen LogP contribution < -0.4 is 15.4 Å². The van der Waals surface area contributed by atoms with Crippen molar-refractivity contribution in [2.45, 2.75) is 11.1 Å². The van der Waals surface area contributed by atoms with E-state index in [0.29, 0.717) is 27.1 Å². The number of rotatable bonds is 7. The highest BCUT2D eigenvalue weighted by Crippen LogP contribution is 2.34. The zero-order valence-corrected chi connectivity index (χ0v) is 20.1.